The van der Waals surface area contributed by atoms with Gasteiger partial charge in [-0.3, -0.25) is 4.79 Å². The van der Waals surface area contributed by atoms with E-state index in [0.717, 1.165) is 43.3 Å². The summed E-state index contributed by atoms with van der Waals surface area (Å²) in [6.45, 7) is 5.26. The maximum Gasteiger partial charge on any atom is 0.219 e. The fraction of sp³-hybridized carbons (Fsp3) is 0.643. The minimum Gasteiger partial charge on any atom is -0.363 e. The summed E-state index contributed by atoms with van der Waals surface area (Å²) in [7, 11) is 3.98. The Labute approximate surface area is 114 Å². The molecule has 1 aromatic rings. The van der Waals surface area contributed by atoms with Crippen molar-refractivity contribution in [3.8, 4) is 0 Å². The molecule has 0 saturated carbocycles. The van der Waals surface area contributed by atoms with Crippen LogP contribution in [0.4, 0.5) is 5.82 Å². The molecule has 2 heterocycles. The van der Waals surface area contributed by atoms with E-state index in [9.17, 15) is 4.79 Å². The highest BCUT2D eigenvalue weighted by Gasteiger charge is 2.24. The van der Waals surface area contributed by atoms with Gasteiger partial charge < -0.3 is 9.80 Å². The second-order valence-electron chi connectivity index (χ2n) is 5.40. The fourth-order valence-electron chi connectivity index (χ4n) is 2.44. The Kier molecular flexibility index (Phi) is 4.02. The molecule has 1 aliphatic heterocycles. The number of aromatic nitrogens is 2. The van der Waals surface area contributed by atoms with Gasteiger partial charge >= 0.3 is 0 Å². The second kappa shape index (κ2) is 5.55. The molecule has 5 heteroatoms. The zero-order valence-corrected chi connectivity index (χ0v) is 12.2. The summed E-state index contributed by atoms with van der Waals surface area (Å²) in [4.78, 5) is 24.4. The Bertz CT molecular complexity index is 465. The lowest BCUT2D eigenvalue weighted by molar-refractivity contribution is -0.129. The molecule has 0 atom stereocenters. The minimum atomic E-state index is 0.164. The van der Waals surface area contributed by atoms with Crippen LogP contribution in [-0.4, -0.2) is 48.0 Å². The number of anilines is 1. The zero-order valence-electron chi connectivity index (χ0n) is 12.2. The van der Waals surface area contributed by atoms with Gasteiger partial charge in [-0.05, 0) is 19.8 Å². The number of likely N-dealkylation sites (tertiary alicyclic amines) is 1. The summed E-state index contributed by atoms with van der Waals surface area (Å²) < 4.78 is 0. The number of carbonyl (C=O) groups excluding carboxylic acids is 1. The highest BCUT2D eigenvalue weighted by atomic mass is 16.2. The average Bonchev–Trinajstić information content (AvgIpc) is 2.38. The molecular formula is C14H22N4O. The van der Waals surface area contributed by atoms with Crippen molar-refractivity contribution in [2.24, 2.45) is 0 Å². The predicted octanol–water partition coefficient (Wildman–Crippen LogP) is 1.58. The number of piperidine rings is 1. The number of hydrogen-bond donors (Lipinski definition) is 0. The van der Waals surface area contributed by atoms with Gasteiger partial charge in [0.05, 0.1) is 0 Å². The normalized spacial score (nSPS) is 16.5. The molecule has 1 aromatic heterocycles. The molecule has 0 aromatic carbocycles. The summed E-state index contributed by atoms with van der Waals surface area (Å²) in [6.07, 6.45) is 1.91. The molecule has 1 fully saturated rings. The van der Waals surface area contributed by atoms with E-state index >= 15 is 0 Å². The lowest BCUT2D eigenvalue weighted by Crippen LogP contribution is -2.36. The van der Waals surface area contributed by atoms with Gasteiger partial charge in [0, 0.05) is 51.8 Å². The van der Waals surface area contributed by atoms with E-state index in [1.807, 2.05) is 36.9 Å². The molecule has 0 unspecified atom stereocenters. The number of amides is 1. The first-order valence-electron chi connectivity index (χ1n) is 6.76. The standard InChI is InChI=1S/C14H22N4O/c1-10-9-13(17(3)4)16-14(15-10)12-5-7-18(8-6-12)11(2)19/h9,12H,5-8H2,1-4H3. The van der Waals surface area contributed by atoms with Gasteiger partial charge in [0.1, 0.15) is 11.6 Å². The quantitative estimate of drug-likeness (QED) is 0.812. The zero-order chi connectivity index (χ0) is 14.0. The molecule has 0 radical (unpaired) electrons. The van der Waals surface area contributed by atoms with E-state index in [1.54, 1.807) is 6.92 Å². The van der Waals surface area contributed by atoms with Crippen LogP contribution in [0, 0.1) is 6.92 Å². The largest absolute Gasteiger partial charge is 0.363 e. The monoisotopic (exact) mass is 262 g/mol. The second-order valence-corrected chi connectivity index (χ2v) is 5.40. The van der Waals surface area contributed by atoms with Gasteiger partial charge in [-0.25, -0.2) is 9.97 Å². The van der Waals surface area contributed by atoms with Gasteiger partial charge in [0.25, 0.3) is 0 Å². The van der Waals surface area contributed by atoms with Gasteiger partial charge in [-0.1, -0.05) is 0 Å². The van der Waals surface area contributed by atoms with Gasteiger partial charge in [-0.15, -0.1) is 0 Å². The molecule has 0 spiro atoms. The lowest BCUT2D eigenvalue weighted by atomic mass is 9.96. The van der Waals surface area contributed by atoms with E-state index in [4.69, 9.17) is 0 Å². The van der Waals surface area contributed by atoms with Crippen LogP contribution in [0.25, 0.3) is 0 Å². The van der Waals surface area contributed by atoms with Crippen molar-refractivity contribution in [2.45, 2.75) is 32.6 Å². The molecule has 2 rings (SSSR count). The van der Waals surface area contributed by atoms with E-state index in [0.29, 0.717) is 5.92 Å². The molecule has 19 heavy (non-hydrogen) atoms. The van der Waals surface area contributed by atoms with Crippen molar-refractivity contribution in [1.29, 1.82) is 0 Å². The molecular weight excluding hydrogens is 240 g/mol. The molecule has 0 bridgehead atoms. The number of aryl methyl sites for hydroxylation is 1. The summed E-state index contributed by atoms with van der Waals surface area (Å²) in [5, 5.41) is 0. The predicted molar refractivity (Wildman–Crippen MR) is 75.3 cm³/mol. The molecule has 1 aliphatic rings. The van der Waals surface area contributed by atoms with Crippen LogP contribution in [-0.2, 0) is 4.79 Å². The first kappa shape index (κ1) is 13.8. The van der Waals surface area contributed by atoms with Crippen molar-refractivity contribution >= 4 is 11.7 Å². The molecule has 0 aliphatic carbocycles. The van der Waals surface area contributed by atoms with Gasteiger partial charge in [0.2, 0.25) is 5.91 Å². The Balaban J connectivity index is 2.13. The topological polar surface area (TPSA) is 49.3 Å². The summed E-state index contributed by atoms with van der Waals surface area (Å²) in [5.41, 5.74) is 1.00. The van der Waals surface area contributed by atoms with Crippen LogP contribution < -0.4 is 4.90 Å². The third-order valence-electron chi connectivity index (χ3n) is 3.62. The summed E-state index contributed by atoms with van der Waals surface area (Å²) in [6, 6.07) is 1.99. The van der Waals surface area contributed by atoms with Crippen LogP contribution >= 0.6 is 0 Å². The van der Waals surface area contributed by atoms with Crippen LogP contribution in [0.5, 0.6) is 0 Å². The Morgan fingerprint density at radius 2 is 1.95 bits per heavy atom. The highest BCUT2D eigenvalue weighted by molar-refractivity contribution is 5.73. The van der Waals surface area contributed by atoms with E-state index < -0.39 is 0 Å². The molecule has 5 nitrogen and oxygen atoms in total. The van der Waals surface area contributed by atoms with Crippen molar-refractivity contribution in [2.75, 3.05) is 32.1 Å². The maximum atomic E-state index is 11.3. The van der Waals surface area contributed by atoms with Crippen molar-refractivity contribution in [3.63, 3.8) is 0 Å². The van der Waals surface area contributed by atoms with Crippen molar-refractivity contribution in [3.05, 3.63) is 17.6 Å². The lowest BCUT2D eigenvalue weighted by Gasteiger charge is -2.30. The van der Waals surface area contributed by atoms with E-state index in [-0.39, 0.29) is 5.91 Å². The maximum absolute atomic E-state index is 11.3. The first-order chi connectivity index (χ1) is 8.97. The van der Waals surface area contributed by atoms with E-state index in [1.165, 1.54) is 0 Å². The molecule has 1 saturated heterocycles. The SMILES string of the molecule is CC(=O)N1CCC(c2nc(C)cc(N(C)C)n2)CC1. The number of rotatable bonds is 2. The average molecular weight is 262 g/mol. The first-order valence-corrected chi connectivity index (χ1v) is 6.76. The molecule has 104 valence electrons. The molecule has 1 amide bonds. The Hall–Kier alpha value is -1.65. The van der Waals surface area contributed by atoms with Crippen LogP contribution in [0.2, 0.25) is 0 Å². The fourth-order valence-corrected chi connectivity index (χ4v) is 2.44. The highest BCUT2D eigenvalue weighted by Crippen LogP contribution is 2.27. The van der Waals surface area contributed by atoms with E-state index in [2.05, 4.69) is 9.97 Å². The minimum absolute atomic E-state index is 0.164. The van der Waals surface area contributed by atoms with Gasteiger partial charge in [0.15, 0.2) is 0 Å². The van der Waals surface area contributed by atoms with Crippen molar-refractivity contribution < 1.29 is 4.79 Å². The van der Waals surface area contributed by atoms with Gasteiger partial charge in [-0.2, -0.15) is 0 Å². The summed E-state index contributed by atoms with van der Waals surface area (Å²) >= 11 is 0. The summed E-state index contributed by atoms with van der Waals surface area (Å²) in [5.74, 6) is 2.41. The number of carbonyl (C=O) groups is 1. The molecule has 0 N–H and O–H groups in total. The van der Waals surface area contributed by atoms with Crippen LogP contribution in [0.3, 0.4) is 0 Å². The smallest absolute Gasteiger partial charge is 0.219 e. The third kappa shape index (κ3) is 3.22. The third-order valence-corrected chi connectivity index (χ3v) is 3.62. The Morgan fingerprint density at radius 1 is 1.32 bits per heavy atom. The van der Waals surface area contributed by atoms with Crippen LogP contribution in [0.1, 0.15) is 37.2 Å². The number of nitrogens with zero attached hydrogens (tertiary/aromatic N) is 4. The Morgan fingerprint density at radius 3 is 2.47 bits per heavy atom. The van der Waals surface area contributed by atoms with Crippen LogP contribution in [0.15, 0.2) is 6.07 Å². The number of hydrogen-bond acceptors (Lipinski definition) is 4. The van der Waals surface area contributed by atoms with Crippen molar-refractivity contribution in [1.82, 2.24) is 14.9 Å².